The fourth-order valence-electron chi connectivity index (χ4n) is 3.70. The number of halogens is 1. The third-order valence-corrected chi connectivity index (χ3v) is 6.75. The molecule has 4 rings (SSSR count). The zero-order valence-electron chi connectivity index (χ0n) is 16.9. The maximum absolute atomic E-state index is 12.4. The normalized spacial score (nSPS) is 15.2. The number of aromatic nitrogens is 1. The monoisotopic (exact) mass is 441 g/mol. The Kier molecular flexibility index (Phi) is 6.35. The Hall–Kier alpha value is -2.44. The highest BCUT2D eigenvalue weighted by molar-refractivity contribution is 7.18. The summed E-state index contributed by atoms with van der Waals surface area (Å²) in [5.41, 5.74) is 2.58. The first-order valence-corrected chi connectivity index (χ1v) is 11.4. The molecule has 0 amide bonds. The van der Waals surface area contributed by atoms with E-state index in [1.807, 2.05) is 37.3 Å². The third kappa shape index (κ3) is 4.65. The lowest BCUT2D eigenvalue weighted by atomic mass is 10.00. The quantitative estimate of drug-likeness (QED) is 0.279. The number of benzene rings is 1. The highest BCUT2D eigenvalue weighted by Gasteiger charge is 2.19. The van der Waals surface area contributed by atoms with Gasteiger partial charge in [0.25, 0.3) is 0 Å². The van der Waals surface area contributed by atoms with Gasteiger partial charge in [-0.25, -0.2) is 0 Å². The molecule has 0 spiro atoms. The van der Waals surface area contributed by atoms with Gasteiger partial charge >= 0.3 is 0 Å². The van der Waals surface area contributed by atoms with Gasteiger partial charge in [0.15, 0.2) is 5.78 Å². The fourth-order valence-corrected chi connectivity index (χ4v) is 4.69. The fraction of sp³-hybridized carbons (Fsp3) is 0.348. The van der Waals surface area contributed by atoms with Crippen molar-refractivity contribution in [1.82, 2.24) is 10.1 Å². The number of carbonyl (C=O) groups excluding carboxylic acids is 1. The number of amidine groups is 1. The predicted octanol–water partition coefficient (Wildman–Crippen LogP) is 6.24. The molecule has 1 aromatic carbocycles. The number of carbonyl (C=O) groups is 1. The van der Waals surface area contributed by atoms with Crippen molar-refractivity contribution in [1.29, 1.82) is 5.41 Å². The van der Waals surface area contributed by atoms with Crippen LogP contribution in [0, 0.1) is 5.41 Å². The SMILES string of the molecule is C[C@@H](CC(=O)c1ccc(Cl)s1)c1cc(-c2ccc(C(=N)N3CCCCC3)cc2)no1. The number of nitrogens with one attached hydrogen (secondary N) is 1. The van der Waals surface area contributed by atoms with E-state index in [0.717, 1.165) is 42.8 Å². The summed E-state index contributed by atoms with van der Waals surface area (Å²) >= 11 is 7.22. The number of rotatable bonds is 6. The molecule has 3 aromatic rings. The van der Waals surface area contributed by atoms with E-state index >= 15 is 0 Å². The minimum Gasteiger partial charge on any atom is -0.360 e. The van der Waals surface area contributed by atoms with Gasteiger partial charge in [0.05, 0.1) is 9.21 Å². The number of nitrogens with zero attached hydrogens (tertiary/aromatic N) is 2. The topological polar surface area (TPSA) is 70.2 Å². The van der Waals surface area contributed by atoms with Gasteiger partial charge < -0.3 is 9.42 Å². The van der Waals surface area contributed by atoms with Gasteiger partial charge in [0.2, 0.25) is 0 Å². The van der Waals surface area contributed by atoms with E-state index < -0.39 is 0 Å². The molecule has 0 saturated carbocycles. The summed E-state index contributed by atoms with van der Waals surface area (Å²) in [5, 5.41) is 12.6. The molecule has 0 bridgehead atoms. The summed E-state index contributed by atoms with van der Waals surface area (Å²) in [6.07, 6.45) is 3.91. The molecule has 0 radical (unpaired) electrons. The van der Waals surface area contributed by atoms with Crippen LogP contribution in [0.2, 0.25) is 4.34 Å². The largest absolute Gasteiger partial charge is 0.360 e. The molecular weight excluding hydrogens is 418 g/mol. The lowest BCUT2D eigenvalue weighted by Gasteiger charge is -2.29. The van der Waals surface area contributed by atoms with Crippen LogP contribution in [0.5, 0.6) is 0 Å². The lowest BCUT2D eigenvalue weighted by molar-refractivity contribution is 0.0975. The summed E-state index contributed by atoms with van der Waals surface area (Å²) in [6, 6.07) is 13.3. The number of piperidine rings is 1. The van der Waals surface area contributed by atoms with E-state index in [0.29, 0.717) is 27.2 Å². The van der Waals surface area contributed by atoms with Crippen LogP contribution in [0.3, 0.4) is 0 Å². The van der Waals surface area contributed by atoms with Gasteiger partial charge in [-0.2, -0.15) is 0 Å². The smallest absolute Gasteiger partial charge is 0.173 e. The van der Waals surface area contributed by atoms with E-state index in [1.165, 1.54) is 17.8 Å². The Labute approximate surface area is 185 Å². The highest BCUT2D eigenvalue weighted by Crippen LogP contribution is 2.29. The van der Waals surface area contributed by atoms with Crippen molar-refractivity contribution in [2.24, 2.45) is 0 Å². The summed E-state index contributed by atoms with van der Waals surface area (Å²) < 4.78 is 6.14. The van der Waals surface area contributed by atoms with Gasteiger partial charge in [-0.3, -0.25) is 10.2 Å². The maximum atomic E-state index is 12.4. The Morgan fingerprint density at radius 2 is 1.93 bits per heavy atom. The zero-order valence-corrected chi connectivity index (χ0v) is 18.4. The number of hydrogen-bond acceptors (Lipinski definition) is 5. The molecule has 0 aliphatic carbocycles. The Morgan fingerprint density at radius 1 is 1.20 bits per heavy atom. The van der Waals surface area contributed by atoms with Crippen molar-refractivity contribution in [2.75, 3.05) is 13.1 Å². The first-order chi connectivity index (χ1) is 14.5. The summed E-state index contributed by atoms with van der Waals surface area (Å²) in [5.74, 6) is 1.25. The number of hydrogen-bond donors (Lipinski definition) is 1. The molecule has 3 heterocycles. The Bertz CT molecular complexity index is 1030. The highest BCUT2D eigenvalue weighted by atomic mass is 35.5. The lowest BCUT2D eigenvalue weighted by Crippen LogP contribution is -2.35. The molecule has 1 saturated heterocycles. The van der Waals surface area contributed by atoms with Crippen molar-refractivity contribution in [3.05, 3.63) is 63.0 Å². The molecule has 30 heavy (non-hydrogen) atoms. The predicted molar refractivity (Wildman–Crippen MR) is 121 cm³/mol. The summed E-state index contributed by atoms with van der Waals surface area (Å²) in [7, 11) is 0. The first-order valence-electron chi connectivity index (χ1n) is 10.2. The second-order valence-corrected chi connectivity index (χ2v) is 9.44. The molecule has 1 aliphatic heterocycles. The van der Waals surface area contributed by atoms with E-state index in [4.69, 9.17) is 21.5 Å². The van der Waals surface area contributed by atoms with Crippen molar-refractivity contribution >= 4 is 34.6 Å². The maximum Gasteiger partial charge on any atom is 0.173 e. The summed E-state index contributed by atoms with van der Waals surface area (Å²) in [4.78, 5) is 15.2. The minimum atomic E-state index is -0.0776. The number of likely N-dealkylation sites (tertiary alicyclic amines) is 1. The molecule has 0 unspecified atom stereocenters. The Morgan fingerprint density at radius 3 is 2.60 bits per heavy atom. The van der Waals surface area contributed by atoms with Crippen molar-refractivity contribution in [3.8, 4) is 11.3 Å². The van der Waals surface area contributed by atoms with Crippen LogP contribution in [-0.2, 0) is 0 Å². The summed E-state index contributed by atoms with van der Waals surface area (Å²) in [6.45, 7) is 3.88. The van der Waals surface area contributed by atoms with Crippen molar-refractivity contribution in [2.45, 2.75) is 38.5 Å². The third-order valence-electron chi connectivity index (χ3n) is 5.48. The molecule has 1 fully saturated rings. The van der Waals surface area contributed by atoms with Gasteiger partial charge in [0, 0.05) is 42.6 Å². The van der Waals surface area contributed by atoms with E-state index in [9.17, 15) is 4.79 Å². The molecular formula is C23H24ClN3O2S. The van der Waals surface area contributed by atoms with Crippen molar-refractivity contribution < 1.29 is 9.32 Å². The average Bonchev–Trinajstić information content (AvgIpc) is 3.43. The second-order valence-electron chi connectivity index (χ2n) is 7.72. The molecule has 1 aliphatic rings. The van der Waals surface area contributed by atoms with Gasteiger partial charge in [-0.05, 0) is 31.4 Å². The minimum absolute atomic E-state index is 0.0536. The number of thiophene rings is 1. The zero-order chi connectivity index (χ0) is 21.1. The van der Waals surface area contributed by atoms with Crippen LogP contribution in [0.25, 0.3) is 11.3 Å². The number of Topliss-reactive ketones (excluding diaryl/α,β-unsaturated/α-hetero) is 1. The van der Waals surface area contributed by atoms with Crippen LogP contribution < -0.4 is 0 Å². The molecule has 2 aromatic heterocycles. The van der Waals surface area contributed by atoms with Crippen LogP contribution in [0.4, 0.5) is 0 Å². The molecule has 156 valence electrons. The molecule has 1 N–H and O–H groups in total. The average molecular weight is 442 g/mol. The van der Waals surface area contributed by atoms with E-state index in [1.54, 1.807) is 12.1 Å². The van der Waals surface area contributed by atoms with Crippen LogP contribution in [-0.4, -0.2) is 34.8 Å². The standard InChI is InChI=1S/C23H24ClN3O2S/c1-15(13-19(28)21-9-10-22(24)30-21)20-14-18(26-29-20)16-5-7-17(8-6-16)23(25)27-11-3-2-4-12-27/h5-10,14-15,25H,2-4,11-13H2,1H3/t15-/m0/s1. The Balaban J connectivity index is 1.41. The van der Waals surface area contributed by atoms with E-state index in [2.05, 4.69) is 10.1 Å². The van der Waals surface area contributed by atoms with E-state index in [-0.39, 0.29) is 11.7 Å². The molecule has 7 heteroatoms. The van der Waals surface area contributed by atoms with Gasteiger partial charge in [-0.15, -0.1) is 11.3 Å². The van der Waals surface area contributed by atoms with Crippen LogP contribution in [0.1, 0.15) is 59.5 Å². The van der Waals surface area contributed by atoms with Crippen LogP contribution in [0.15, 0.2) is 47.0 Å². The number of ketones is 1. The molecule has 5 nitrogen and oxygen atoms in total. The second kappa shape index (κ2) is 9.14. The van der Waals surface area contributed by atoms with Crippen molar-refractivity contribution in [3.63, 3.8) is 0 Å². The van der Waals surface area contributed by atoms with Crippen LogP contribution >= 0.6 is 22.9 Å². The first kappa shape index (κ1) is 20.8. The molecule has 1 atom stereocenters. The van der Waals surface area contributed by atoms with Gasteiger partial charge in [0.1, 0.15) is 17.3 Å². The van der Waals surface area contributed by atoms with Gasteiger partial charge in [-0.1, -0.05) is 47.9 Å².